The molecule has 0 N–H and O–H groups in total. The zero-order valence-corrected chi connectivity index (χ0v) is 27.7. The molecule has 0 aliphatic rings. The molecule has 10 rings (SSSR count). The van der Waals surface area contributed by atoms with Crippen LogP contribution >= 0.6 is 0 Å². The van der Waals surface area contributed by atoms with Crippen LogP contribution in [0.1, 0.15) is 0 Å². The summed E-state index contributed by atoms with van der Waals surface area (Å²) in [7, 11) is 0. The fourth-order valence-electron chi connectivity index (χ4n) is 7.36. The van der Waals surface area contributed by atoms with Crippen molar-refractivity contribution in [1.82, 2.24) is 0 Å². The van der Waals surface area contributed by atoms with E-state index in [-0.39, 0.29) is 0 Å². The van der Waals surface area contributed by atoms with E-state index in [1.807, 2.05) is 24.3 Å². The van der Waals surface area contributed by atoms with Gasteiger partial charge in [0.05, 0.1) is 0 Å². The summed E-state index contributed by atoms with van der Waals surface area (Å²) in [5.74, 6) is 0. The Morgan fingerprint density at radius 2 is 0.706 bits per heavy atom. The predicted molar refractivity (Wildman–Crippen MR) is 212 cm³/mol. The maximum Gasteiger partial charge on any atom is 0.135 e. The van der Waals surface area contributed by atoms with Crippen LogP contribution in [-0.2, 0) is 0 Å². The lowest BCUT2D eigenvalue weighted by Gasteiger charge is -2.27. The Labute approximate surface area is 295 Å². The second-order valence-electron chi connectivity index (χ2n) is 13.0. The lowest BCUT2D eigenvalue weighted by Crippen LogP contribution is -2.10. The molecule has 0 fully saturated rings. The lowest BCUT2D eigenvalue weighted by atomic mass is 9.95. The van der Waals surface area contributed by atoms with Gasteiger partial charge >= 0.3 is 0 Å². The maximum absolute atomic E-state index is 6.21. The molecule has 10 aromatic rings. The molecule has 51 heavy (non-hydrogen) atoms. The first-order valence-electron chi connectivity index (χ1n) is 17.2. The highest BCUT2D eigenvalue weighted by atomic mass is 16.3. The second kappa shape index (κ2) is 11.9. The van der Waals surface area contributed by atoms with E-state index in [1.54, 1.807) is 0 Å². The van der Waals surface area contributed by atoms with Crippen LogP contribution in [-0.4, -0.2) is 0 Å². The summed E-state index contributed by atoms with van der Waals surface area (Å²) in [5, 5.41) is 4.45. The van der Waals surface area contributed by atoms with Gasteiger partial charge in [-0.3, -0.25) is 0 Å². The number of fused-ring (bicyclic) bond motifs is 6. The summed E-state index contributed by atoms with van der Waals surface area (Å²) >= 11 is 0. The Kier molecular flexibility index (Phi) is 6.81. The first-order valence-corrected chi connectivity index (χ1v) is 17.2. The van der Waals surface area contributed by atoms with E-state index in [9.17, 15) is 0 Å². The van der Waals surface area contributed by atoms with Gasteiger partial charge < -0.3 is 13.7 Å². The molecule has 8 aromatic carbocycles. The van der Waals surface area contributed by atoms with Crippen molar-refractivity contribution >= 4 is 60.9 Å². The third-order valence-electron chi connectivity index (χ3n) is 9.82. The first-order chi connectivity index (χ1) is 25.2. The van der Waals surface area contributed by atoms with Crippen molar-refractivity contribution in [2.75, 3.05) is 4.90 Å². The Balaban J connectivity index is 1.21. The average molecular weight is 654 g/mol. The number of nitrogens with zero attached hydrogens (tertiary/aromatic N) is 1. The van der Waals surface area contributed by atoms with Gasteiger partial charge in [0.15, 0.2) is 0 Å². The molecule has 0 bridgehead atoms. The molecule has 0 saturated heterocycles. The van der Waals surface area contributed by atoms with Crippen LogP contribution in [0.4, 0.5) is 17.1 Å². The molecule has 0 aliphatic carbocycles. The molecule has 0 aliphatic heterocycles. The minimum atomic E-state index is 0.886. The maximum atomic E-state index is 6.21. The van der Waals surface area contributed by atoms with E-state index >= 15 is 0 Å². The zero-order chi connectivity index (χ0) is 33.7. The van der Waals surface area contributed by atoms with E-state index < -0.39 is 0 Å². The number of furan rings is 2. The molecule has 3 heteroatoms. The Hall–Kier alpha value is -6.84. The van der Waals surface area contributed by atoms with E-state index in [4.69, 9.17) is 8.83 Å². The van der Waals surface area contributed by atoms with Gasteiger partial charge in [0.25, 0.3) is 0 Å². The molecule has 0 amide bonds. The van der Waals surface area contributed by atoms with Gasteiger partial charge in [-0.2, -0.15) is 0 Å². The van der Waals surface area contributed by atoms with Crippen molar-refractivity contribution in [1.29, 1.82) is 0 Å². The van der Waals surface area contributed by atoms with Gasteiger partial charge in [0, 0.05) is 38.6 Å². The number of hydrogen-bond acceptors (Lipinski definition) is 3. The zero-order valence-electron chi connectivity index (χ0n) is 27.7. The molecule has 0 atom stereocenters. The SMILES string of the molecule is c1ccc(-c2cccc(N(c3ccccc3)c3cc(-c4ccc5oc6ccccc6c5c4)cc(-c4ccc5oc6ccccc6c5c4)c3)c2)cc1. The third-order valence-corrected chi connectivity index (χ3v) is 9.82. The molecule has 0 radical (unpaired) electrons. The molecule has 0 unspecified atom stereocenters. The van der Waals surface area contributed by atoms with Gasteiger partial charge in [-0.25, -0.2) is 0 Å². The first kappa shape index (κ1) is 29.1. The Bertz CT molecular complexity index is 2730. The molecule has 2 heterocycles. The van der Waals surface area contributed by atoms with Gasteiger partial charge in [-0.1, -0.05) is 109 Å². The summed E-state index contributed by atoms with van der Waals surface area (Å²) in [6.45, 7) is 0. The smallest absolute Gasteiger partial charge is 0.135 e. The molecular weight excluding hydrogens is 623 g/mol. The van der Waals surface area contributed by atoms with E-state index in [1.165, 1.54) is 11.1 Å². The van der Waals surface area contributed by atoms with Crippen LogP contribution in [0.5, 0.6) is 0 Å². The van der Waals surface area contributed by atoms with Crippen molar-refractivity contribution in [3.8, 4) is 33.4 Å². The Morgan fingerprint density at radius 1 is 0.255 bits per heavy atom. The molecule has 0 spiro atoms. The normalized spacial score (nSPS) is 11.5. The van der Waals surface area contributed by atoms with Gasteiger partial charge in [-0.05, 0) is 112 Å². The molecule has 3 nitrogen and oxygen atoms in total. The standard InChI is InChI=1S/C48H31NO2/c1-3-12-32(13-4-1)33-14-11-17-39(27-33)49(38-15-5-2-6-16-38)40-28-36(34-22-24-47-43(30-34)41-18-7-9-20-45(41)50-47)26-37(29-40)35-23-25-48-44(31-35)42-19-8-10-21-46(42)51-48/h1-31H. The van der Waals surface area contributed by atoms with Crippen LogP contribution in [0, 0.1) is 0 Å². The monoisotopic (exact) mass is 653 g/mol. The van der Waals surface area contributed by atoms with Crippen LogP contribution in [0.2, 0.25) is 0 Å². The van der Waals surface area contributed by atoms with Crippen molar-refractivity contribution in [3.63, 3.8) is 0 Å². The molecule has 240 valence electrons. The molecule has 2 aromatic heterocycles. The van der Waals surface area contributed by atoms with Gasteiger partial charge in [0.1, 0.15) is 22.3 Å². The highest BCUT2D eigenvalue weighted by Crippen LogP contribution is 2.42. The highest BCUT2D eigenvalue weighted by Gasteiger charge is 2.18. The number of rotatable bonds is 6. The quantitative estimate of drug-likeness (QED) is 0.179. The van der Waals surface area contributed by atoms with Crippen LogP contribution < -0.4 is 4.90 Å². The van der Waals surface area contributed by atoms with Crippen LogP contribution in [0.15, 0.2) is 197 Å². The minimum absolute atomic E-state index is 0.886. The fourth-order valence-corrected chi connectivity index (χ4v) is 7.36. The van der Waals surface area contributed by atoms with Gasteiger partial charge in [-0.15, -0.1) is 0 Å². The summed E-state index contributed by atoms with van der Waals surface area (Å²) in [6, 6.07) is 66.5. The van der Waals surface area contributed by atoms with Crippen LogP contribution in [0.3, 0.4) is 0 Å². The summed E-state index contributed by atoms with van der Waals surface area (Å²) in [6.07, 6.45) is 0. The topological polar surface area (TPSA) is 29.5 Å². The fraction of sp³-hybridized carbons (Fsp3) is 0. The number of para-hydroxylation sites is 3. The number of anilines is 3. The predicted octanol–water partition coefficient (Wildman–Crippen LogP) is 14.0. The summed E-state index contributed by atoms with van der Waals surface area (Å²) < 4.78 is 12.4. The average Bonchev–Trinajstić information content (AvgIpc) is 3.76. The summed E-state index contributed by atoms with van der Waals surface area (Å²) in [5.41, 5.74) is 13.6. The van der Waals surface area contributed by atoms with Crippen molar-refractivity contribution < 1.29 is 8.83 Å². The van der Waals surface area contributed by atoms with Crippen molar-refractivity contribution in [2.45, 2.75) is 0 Å². The van der Waals surface area contributed by atoms with Crippen molar-refractivity contribution in [3.05, 3.63) is 188 Å². The Morgan fingerprint density at radius 3 is 1.31 bits per heavy atom. The molecule has 0 saturated carbocycles. The van der Waals surface area contributed by atoms with E-state index in [0.29, 0.717) is 0 Å². The van der Waals surface area contributed by atoms with Crippen LogP contribution in [0.25, 0.3) is 77.3 Å². The van der Waals surface area contributed by atoms with E-state index in [0.717, 1.165) is 83.2 Å². The van der Waals surface area contributed by atoms with Crippen molar-refractivity contribution in [2.24, 2.45) is 0 Å². The highest BCUT2D eigenvalue weighted by molar-refractivity contribution is 6.08. The second-order valence-corrected chi connectivity index (χ2v) is 13.0. The minimum Gasteiger partial charge on any atom is -0.456 e. The lowest BCUT2D eigenvalue weighted by molar-refractivity contribution is 0.668. The van der Waals surface area contributed by atoms with Gasteiger partial charge in [0.2, 0.25) is 0 Å². The largest absolute Gasteiger partial charge is 0.456 e. The number of hydrogen-bond donors (Lipinski definition) is 0. The van der Waals surface area contributed by atoms with E-state index in [2.05, 4.69) is 169 Å². The third kappa shape index (κ3) is 5.15. The molecular formula is C48H31NO2. The summed E-state index contributed by atoms with van der Waals surface area (Å²) in [4.78, 5) is 2.36. The number of benzene rings is 8.